The highest BCUT2D eigenvalue weighted by molar-refractivity contribution is 7.83. The number of rotatable bonds is 6. The fourth-order valence-electron chi connectivity index (χ4n) is 5.42. The van der Waals surface area contributed by atoms with Gasteiger partial charge in [-0.05, 0) is 67.7 Å². The highest BCUT2D eigenvalue weighted by Gasteiger charge is 2.50. The number of halogens is 4. The highest BCUT2D eigenvalue weighted by Crippen LogP contribution is 2.51. The lowest BCUT2D eigenvalue weighted by Crippen LogP contribution is -2.48. The first-order chi connectivity index (χ1) is 19.0. The van der Waals surface area contributed by atoms with Gasteiger partial charge in [-0.25, -0.2) is 23.0 Å². The number of thiazole rings is 1. The zero-order valence-corrected chi connectivity index (χ0v) is 22.6. The van der Waals surface area contributed by atoms with E-state index in [0.29, 0.717) is 41.1 Å². The molecule has 3 heterocycles. The minimum absolute atomic E-state index is 0.184. The number of Topliss-reactive ketones (excluding diaryl/α,β-unsaturated/α-hetero) is 1. The minimum Gasteiger partial charge on any atom is -0.290 e. The summed E-state index contributed by atoms with van der Waals surface area (Å²) in [6, 6.07) is 7.09. The molecule has 0 saturated heterocycles. The maximum absolute atomic E-state index is 14.1. The molecular formula is C26H22F4N6O2S2. The molecule has 1 saturated carbocycles. The standard InChI is InChI=1S/C26H22F4N6O2S2/c1-35-9-8-22(33-35)40(38)34-18-5-2-16-10-20-15(13-32-36(20)19-6-3-17(27)4-7-19)11-25(16,12-18)23(37)24-31-14-21(39-24)26(28,29)30/h3-4,6-10,13-14,18,34H,2,5,11-12H2,1H3. The van der Waals surface area contributed by atoms with Crippen LogP contribution >= 0.6 is 11.3 Å². The van der Waals surface area contributed by atoms with Crippen molar-refractivity contribution in [2.75, 3.05) is 0 Å². The second-order valence-corrected chi connectivity index (χ2v) is 12.1. The Labute approximate surface area is 232 Å². The number of alkyl halides is 3. The van der Waals surface area contributed by atoms with Crippen LogP contribution in [-0.4, -0.2) is 40.6 Å². The molecule has 14 heteroatoms. The Morgan fingerprint density at radius 3 is 2.65 bits per heavy atom. The highest BCUT2D eigenvalue weighted by atomic mass is 32.2. The second kappa shape index (κ2) is 9.85. The number of aryl methyl sites for hydroxylation is 1. The number of nitrogens with zero attached hydrogens (tertiary/aromatic N) is 5. The van der Waals surface area contributed by atoms with E-state index in [0.717, 1.165) is 16.8 Å². The number of carbonyl (C=O) groups excluding carboxylic acids is 1. The Morgan fingerprint density at radius 1 is 1.20 bits per heavy atom. The summed E-state index contributed by atoms with van der Waals surface area (Å²) in [5.74, 6) is -0.891. The molecule has 2 aliphatic carbocycles. The average molecular weight is 591 g/mol. The van der Waals surface area contributed by atoms with Crippen molar-refractivity contribution in [2.45, 2.75) is 42.9 Å². The van der Waals surface area contributed by atoms with Gasteiger partial charge < -0.3 is 0 Å². The van der Waals surface area contributed by atoms with Crippen LogP contribution < -0.4 is 4.72 Å². The Balaban J connectivity index is 1.38. The summed E-state index contributed by atoms with van der Waals surface area (Å²) in [6.45, 7) is 0. The number of nitrogens with one attached hydrogen (secondary N) is 1. The lowest BCUT2D eigenvalue weighted by atomic mass is 9.61. The fourth-order valence-corrected chi connectivity index (χ4v) is 7.25. The van der Waals surface area contributed by atoms with Gasteiger partial charge >= 0.3 is 6.18 Å². The number of hydrogen-bond acceptors (Lipinski definition) is 6. The molecule has 1 fully saturated rings. The van der Waals surface area contributed by atoms with Crippen molar-refractivity contribution < 1.29 is 26.6 Å². The van der Waals surface area contributed by atoms with Crippen molar-refractivity contribution in [2.24, 2.45) is 12.5 Å². The molecular weight excluding hydrogens is 568 g/mol. The normalized spacial score (nSPS) is 21.4. The van der Waals surface area contributed by atoms with Gasteiger partial charge in [0.25, 0.3) is 0 Å². The maximum Gasteiger partial charge on any atom is 0.427 e. The average Bonchev–Trinajstić information content (AvgIpc) is 3.67. The van der Waals surface area contributed by atoms with Crippen LogP contribution in [0.4, 0.5) is 17.6 Å². The van der Waals surface area contributed by atoms with Gasteiger partial charge in [0.05, 0.1) is 29.2 Å². The molecule has 2 aliphatic rings. The molecule has 40 heavy (non-hydrogen) atoms. The summed E-state index contributed by atoms with van der Waals surface area (Å²) in [5, 5.41) is 8.76. The van der Waals surface area contributed by atoms with Crippen LogP contribution in [0.3, 0.4) is 0 Å². The Morgan fingerprint density at radius 2 is 1.98 bits per heavy atom. The van der Waals surface area contributed by atoms with E-state index in [1.54, 1.807) is 42.3 Å². The first kappa shape index (κ1) is 26.7. The Hall–Kier alpha value is -3.49. The van der Waals surface area contributed by atoms with Crippen molar-refractivity contribution >= 4 is 34.2 Å². The van der Waals surface area contributed by atoms with E-state index in [1.807, 2.05) is 6.08 Å². The quantitative estimate of drug-likeness (QED) is 0.255. The summed E-state index contributed by atoms with van der Waals surface area (Å²) in [5.41, 5.74) is 1.63. The van der Waals surface area contributed by atoms with Gasteiger partial charge in [-0.15, -0.1) is 11.3 Å². The summed E-state index contributed by atoms with van der Waals surface area (Å²) in [4.78, 5) is 17.0. The molecule has 0 aliphatic heterocycles. The molecule has 8 nitrogen and oxygen atoms in total. The van der Waals surface area contributed by atoms with E-state index < -0.39 is 33.2 Å². The number of aromatic nitrogens is 5. The van der Waals surface area contributed by atoms with Crippen molar-refractivity contribution in [1.82, 2.24) is 29.3 Å². The van der Waals surface area contributed by atoms with Crippen LogP contribution in [-0.2, 0) is 30.6 Å². The molecule has 3 aromatic heterocycles. The number of carbonyl (C=O) groups is 1. The van der Waals surface area contributed by atoms with E-state index in [1.165, 1.54) is 16.8 Å². The Bertz CT molecular complexity index is 1660. The summed E-state index contributed by atoms with van der Waals surface area (Å²) >= 11 is 0.329. The number of benzene rings is 1. The van der Waals surface area contributed by atoms with E-state index in [4.69, 9.17) is 0 Å². The van der Waals surface area contributed by atoms with Gasteiger partial charge in [0.15, 0.2) is 10.0 Å². The molecule has 0 spiro atoms. The molecule has 0 radical (unpaired) electrons. The molecule has 1 aromatic carbocycles. The van der Waals surface area contributed by atoms with Crippen LogP contribution in [0.15, 0.2) is 59.5 Å². The van der Waals surface area contributed by atoms with Crippen LogP contribution in [0, 0.1) is 11.2 Å². The molecule has 0 amide bonds. The molecule has 3 unspecified atom stereocenters. The molecule has 208 valence electrons. The third-order valence-electron chi connectivity index (χ3n) is 7.30. The maximum atomic E-state index is 14.1. The number of hydrogen-bond donors (Lipinski definition) is 1. The van der Waals surface area contributed by atoms with Crippen molar-refractivity contribution in [3.8, 4) is 5.69 Å². The first-order valence-corrected chi connectivity index (χ1v) is 14.3. The molecule has 0 bridgehead atoms. The van der Waals surface area contributed by atoms with Gasteiger partial charge in [0.2, 0.25) is 5.78 Å². The predicted molar refractivity (Wildman–Crippen MR) is 139 cm³/mol. The van der Waals surface area contributed by atoms with Crippen molar-refractivity contribution in [3.63, 3.8) is 0 Å². The lowest BCUT2D eigenvalue weighted by Gasteiger charge is -2.43. The first-order valence-electron chi connectivity index (χ1n) is 12.3. The third kappa shape index (κ3) is 4.73. The predicted octanol–water partition coefficient (Wildman–Crippen LogP) is 4.89. The van der Waals surface area contributed by atoms with E-state index >= 15 is 0 Å². The van der Waals surface area contributed by atoms with Gasteiger partial charge in [-0.1, -0.05) is 5.57 Å². The molecule has 6 rings (SSSR count). The minimum atomic E-state index is -4.61. The zero-order chi connectivity index (χ0) is 28.2. The Kier molecular flexibility index (Phi) is 6.58. The fraction of sp³-hybridized carbons (Fsp3) is 0.308. The smallest absolute Gasteiger partial charge is 0.290 e. The summed E-state index contributed by atoms with van der Waals surface area (Å²) in [6.07, 6.45) is 2.60. The monoisotopic (exact) mass is 590 g/mol. The van der Waals surface area contributed by atoms with E-state index in [-0.39, 0.29) is 29.7 Å². The number of fused-ring (bicyclic) bond motifs is 2. The molecule has 3 atom stereocenters. The zero-order valence-electron chi connectivity index (χ0n) is 21.0. The van der Waals surface area contributed by atoms with Crippen LogP contribution in [0.2, 0.25) is 0 Å². The second-order valence-electron chi connectivity index (χ2n) is 9.88. The summed E-state index contributed by atoms with van der Waals surface area (Å²) < 4.78 is 72.8. The third-order valence-corrected chi connectivity index (χ3v) is 9.49. The summed E-state index contributed by atoms with van der Waals surface area (Å²) in [7, 11) is 0.0639. The van der Waals surface area contributed by atoms with Gasteiger partial charge in [0.1, 0.15) is 21.7 Å². The van der Waals surface area contributed by atoms with E-state index in [9.17, 15) is 26.6 Å². The number of allylic oxidation sites excluding steroid dienone is 1. The topological polar surface area (TPSA) is 94.7 Å². The number of ketones is 1. The largest absolute Gasteiger partial charge is 0.427 e. The van der Waals surface area contributed by atoms with Crippen LogP contribution in [0.1, 0.15) is 45.2 Å². The van der Waals surface area contributed by atoms with Gasteiger partial charge in [-0.2, -0.15) is 23.4 Å². The van der Waals surface area contributed by atoms with Gasteiger partial charge in [-0.3, -0.25) is 9.48 Å². The van der Waals surface area contributed by atoms with Gasteiger partial charge in [0, 0.05) is 19.3 Å². The van der Waals surface area contributed by atoms with Crippen LogP contribution in [0.5, 0.6) is 0 Å². The van der Waals surface area contributed by atoms with E-state index in [2.05, 4.69) is 19.9 Å². The molecule has 4 aromatic rings. The van der Waals surface area contributed by atoms with Crippen molar-refractivity contribution in [3.05, 3.63) is 81.5 Å². The molecule has 1 N–H and O–H groups in total. The SMILES string of the molecule is Cn1ccc(S(=O)NC2CCC3=Cc4c(cnn4-c4ccc(F)cc4)CC3(C(=O)c3ncc(C(F)(F)F)s3)C2)n1. The van der Waals surface area contributed by atoms with Crippen molar-refractivity contribution in [1.29, 1.82) is 0 Å². The van der Waals surface area contributed by atoms with Crippen LogP contribution in [0.25, 0.3) is 11.8 Å². The lowest BCUT2D eigenvalue weighted by molar-refractivity contribution is -0.134.